The highest BCUT2D eigenvalue weighted by atomic mass is 79.9. The largest absolute Gasteiger partial charge is 0.478 e. The molecule has 0 bridgehead atoms. The van der Waals surface area contributed by atoms with E-state index in [4.69, 9.17) is 5.11 Å². The fourth-order valence-electron chi connectivity index (χ4n) is 1.75. The van der Waals surface area contributed by atoms with E-state index < -0.39 is 5.97 Å². The minimum absolute atomic E-state index is 0.591. The molecule has 0 aliphatic rings. The first-order valence-corrected chi connectivity index (χ1v) is 6.61. The summed E-state index contributed by atoms with van der Waals surface area (Å²) in [6.45, 7) is 5.33. The minimum atomic E-state index is -0.938. The summed E-state index contributed by atoms with van der Waals surface area (Å²) in [6, 6.07) is 5.83. The number of rotatable bonds is 5. The lowest BCUT2D eigenvalue weighted by Crippen LogP contribution is -2.22. The Morgan fingerprint density at radius 3 is 2.67 bits per heavy atom. The molecule has 1 rings (SSSR count). The molecule has 0 aliphatic heterocycles. The molecule has 1 aromatic carbocycles. The fourth-order valence-corrected chi connectivity index (χ4v) is 2.45. The summed E-state index contributed by atoms with van der Waals surface area (Å²) >= 11 is 3.52. The molecule has 0 aromatic heterocycles. The number of benzene rings is 1. The number of hydrogen-bond acceptors (Lipinski definition) is 2. The molecule has 0 spiro atoms. The maximum Gasteiger partial charge on any atom is 0.328 e. The monoisotopic (exact) mass is 311 g/mol. The second-order valence-electron chi connectivity index (χ2n) is 4.66. The van der Waals surface area contributed by atoms with Crippen molar-refractivity contribution < 1.29 is 9.90 Å². The van der Waals surface area contributed by atoms with Crippen LogP contribution in [0, 0.1) is 5.92 Å². The van der Waals surface area contributed by atoms with Crippen LogP contribution in [-0.2, 0) is 4.79 Å². The van der Waals surface area contributed by atoms with Gasteiger partial charge in [-0.05, 0) is 45.6 Å². The maximum absolute atomic E-state index is 10.4. The first-order chi connectivity index (χ1) is 8.40. The molecular weight excluding hydrogens is 294 g/mol. The molecule has 0 fully saturated rings. The van der Waals surface area contributed by atoms with Gasteiger partial charge in [-0.2, -0.15) is 0 Å². The number of hydrogen-bond donors (Lipinski definition) is 1. The van der Waals surface area contributed by atoms with Crippen LogP contribution in [0.3, 0.4) is 0 Å². The summed E-state index contributed by atoms with van der Waals surface area (Å²) in [5.74, 6) is -0.347. The van der Waals surface area contributed by atoms with E-state index in [9.17, 15) is 4.79 Å². The number of carbonyl (C=O) groups is 1. The molecule has 0 atom stereocenters. The summed E-state index contributed by atoms with van der Waals surface area (Å²) in [4.78, 5) is 12.6. The van der Waals surface area contributed by atoms with Gasteiger partial charge in [0.05, 0.1) is 5.69 Å². The van der Waals surface area contributed by atoms with Crippen molar-refractivity contribution in [2.24, 2.45) is 5.92 Å². The van der Waals surface area contributed by atoms with Crippen LogP contribution >= 0.6 is 15.9 Å². The standard InChI is InChI=1S/C14H18BrNO2/c1-10(2)9-16(3)13-6-4-11(8-12(13)15)5-7-14(17)18/h4-8,10H,9H2,1-3H3,(H,17,18)/b7-5+. The van der Waals surface area contributed by atoms with E-state index in [0.717, 1.165) is 28.3 Å². The van der Waals surface area contributed by atoms with Gasteiger partial charge in [0.2, 0.25) is 0 Å². The van der Waals surface area contributed by atoms with Crippen LogP contribution in [0.25, 0.3) is 6.08 Å². The van der Waals surface area contributed by atoms with E-state index in [1.165, 1.54) is 0 Å². The molecule has 0 heterocycles. The maximum atomic E-state index is 10.4. The van der Waals surface area contributed by atoms with Gasteiger partial charge in [0.15, 0.2) is 0 Å². The zero-order valence-electron chi connectivity index (χ0n) is 10.9. The highest BCUT2D eigenvalue weighted by Gasteiger charge is 2.07. The van der Waals surface area contributed by atoms with Gasteiger partial charge in [0, 0.05) is 24.1 Å². The van der Waals surface area contributed by atoms with Crippen molar-refractivity contribution in [1.82, 2.24) is 0 Å². The molecule has 0 saturated carbocycles. The Hall–Kier alpha value is -1.29. The molecule has 18 heavy (non-hydrogen) atoms. The molecule has 3 nitrogen and oxygen atoms in total. The third-order valence-electron chi connectivity index (χ3n) is 2.44. The highest BCUT2D eigenvalue weighted by Crippen LogP contribution is 2.27. The lowest BCUT2D eigenvalue weighted by Gasteiger charge is -2.23. The number of carboxylic acids is 1. The number of aliphatic carboxylic acids is 1. The topological polar surface area (TPSA) is 40.5 Å². The lowest BCUT2D eigenvalue weighted by atomic mass is 10.1. The molecule has 0 unspecified atom stereocenters. The molecule has 98 valence electrons. The molecule has 0 aliphatic carbocycles. The predicted octanol–water partition coefficient (Wildman–Crippen LogP) is 3.64. The van der Waals surface area contributed by atoms with Crippen LogP contribution in [0.5, 0.6) is 0 Å². The van der Waals surface area contributed by atoms with Gasteiger partial charge in [-0.1, -0.05) is 19.9 Å². The number of carboxylic acid groups (broad SMARTS) is 1. The van der Waals surface area contributed by atoms with Crippen LogP contribution in [0.4, 0.5) is 5.69 Å². The second-order valence-corrected chi connectivity index (χ2v) is 5.51. The third kappa shape index (κ3) is 4.53. The van der Waals surface area contributed by atoms with Crippen LogP contribution < -0.4 is 4.90 Å². The predicted molar refractivity (Wildman–Crippen MR) is 78.9 cm³/mol. The first-order valence-electron chi connectivity index (χ1n) is 5.82. The average molecular weight is 312 g/mol. The quantitative estimate of drug-likeness (QED) is 0.844. The van der Waals surface area contributed by atoms with Crippen molar-refractivity contribution in [2.45, 2.75) is 13.8 Å². The van der Waals surface area contributed by atoms with E-state index in [-0.39, 0.29) is 0 Å². The SMILES string of the molecule is CC(C)CN(C)c1ccc(/C=C/C(=O)O)cc1Br. The van der Waals surface area contributed by atoms with Crippen molar-refractivity contribution in [3.05, 3.63) is 34.3 Å². The van der Waals surface area contributed by atoms with Gasteiger partial charge in [0.1, 0.15) is 0 Å². The summed E-state index contributed by atoms with van der Waals surface area (Å²) < 4.78 is 0.971. The van der Waals surface area contributed by atoms with Crippen molar-refractivity contribution >= 4 is 33.7 Å². The van der Waals surface area contributed by atoms with Gasteiger partial charge in [-0.3, -0.25) is 0 Å². The summed E-state index contributed by atoms with van der Waals surface area (Å²) in [6.07, 6.45) is 2.72. The Labute approximate surface area is 116 Å². The summed E-state index contributed by atoms with van der Waals surface area (Å²) in [5, 5.41) is 8.58. The van der Waals surface area contributed by atoms with E-state index in [1.54, 1.807) is 6.08 Å². The zero-order chi connectivity index (χ0) is 13.7. The summed E-state index contributed by atoms with van der Waals surface area (Å²) in [7, 11) is 2.05. The molecule has 0 radical (unpaired) electrons. The van der Waals surface area contributed by atoms with Crippen molar-refractivity contribution in [2.75, 3.05) is 18.5 Å². The van der Waals surface area contributed by atoms with Gasteiger partial charge in [0.25, 0.3) is 0 Å². The van der Waals surface area contributed by atoms with Crippen LogP contribution in [-0.4, -0.2) is 24.7 Å². The Morgan fingerprint density at radius 2 is 2.17 bits per heavy atom. The molecule has 4 heteroatoms. The highest BCUT2D eigenvalue weighted by molar-refractivity contribution is 9.10. The van der Waals surface area contributed by atoms with Gasteiger partial charge < -0.3 is 10.0 Å². The van der Waals surface area contributed by atoms with Gasteiger partial charge in [-0.15, -0.1) is 0 Å². The minimum Gasteiger partial charge on any atom is -0.478 e. The molecule has 1 N–H and O–H groups in total. The molecular formula is C14H18BrNO2. The van der Waals surface area contributed by atoms with Crippen molar-refractivity contribution in [1.29, 1.82) is 0 Å². The number of nitrogens with zero attached hydrogens (tertiary/aromatic N) is 1. The van der Waals surface area contributed by atoms with E-state index in [1.807, 2.05) is 25.2 Å². The number of halogens is 1. The van der Waals surface area contributed by atoms with Crippen molar-refractivity contribution in [3.63, 3.8) is 0 Å². The molecule has 0 saturated heterocycles. The van der Waals surface area contributed by atoms with Gasteiger partial charge >= 0.3 is 5.97 Å². The van der Waals surface area contributed by atoms with Crippen LogP contribution in [0.15, 0.2) is 28.7 Å². The summed E-state index contributed by atoms with van der Waals surface area (Å²) in [5.41, 5.74) is 1.97. The van der Waals surface area contributed by atoms with E-state index in [2.05, 4.69) is 34.7 Å². The zero-order valence-corrected chi connectivity index (χ0v) is 12.4. The van der Waals surface area contributed by atoms with E-state index >= 15 is 0 Å². The Morgan fingerprint density at radius 1 is 1.50 bits per heavy atom. The lowest BCUT2D eigenvalue weighted by molar-refractivity contribution is -0.131. The van der Waals surface area contributed by atoms with Crippen molar-refractivity contribution in [3.8, 4) is 0 Å². The van der Waals surface area contributed by atoms with Gasteiger partial charge in [-0.25, -0.2) is 4.79 Å². The molecule has 0 amide bonds. The normalized spacial score (nSPS) is 11.2. The Bertz CT molecular complexity index is 455. The smallest absolute Gasteiger partial charge is 0.328 e. The first kappa shape index (κ1) is 14.8. The van der Waals surface area contributed by atoms with Crippen LogP contribution in [0.1, 0.15) is 19.4 Å². The van der Waals surface area contributed by atoms with Crippen LogP contribution in [0.2, 0.25) is 0 Å². The Kier molecular flexibility index (Phi) is 5.41. The fraction of sp³-hybridized carbons (Fsp3) is 0.357. The van der Waals surface area contributed by atoms with E-state index in [0.29, 0.717) is 5.92 Å². The average Bonchev–Trinajstić information content (AvgIpc) is 2.25. The Balaban J connectivity index is 2.89. The second kappa shape index (κ2) is 6.59. The molecule has 1 aromatic rings. The number of anilines is 1. The third-order valence-corrected chi connectivity index (χ3v) is 3.08.